The summed E-state index contributed by atoms with van der Waals surface area (Å²) in [5.74, 6) is 0.998. The smallest absolute Gasteiger partial charge is 0.260 e. The zero-order valence-corrected chi connectivity index (χ0v) is 16.4. The second kappa shape index (κ2) is 8.51. The highest BCUT2D eigenvalue weighted by Gasteiger charge is 2.14. The number of tetrazole rings is 1. The Labute approximate surface area is 170 Å². The third-order valence-electron chi connectivity index (χ3n) is 3.64. The van der Waals surface area contributed by atoms with Crippen LogP contribution in [-0.2, 0) is 13.2 Å². The number of methoxy groups -OCH3 is 1. The number of nitrogens with one attached hydrogen (secondary N) is 1. The van der Waals surface area contributed by atoms with Gasteiger partial charge in [-0.05, 0) is 40.3 Å². The minimum absolute atomic E-state index is 0.143. The van der Waals surface area contributed by atoms with Gasteiger partial charge in [-0.2, -0.15) is 0 Å². The summed E-state index contributed by atoms with van der Waals surface area (Å²) in [6, 6.07) is 8.76. The van der Waals surface area contributed by atoms with Crippen LogP contribution in [0.2, 0.25) is 15.1 Å². The number of rotatable bonds is 7. The van der Waals surface area contributed by atoms with E-state index in [4.69, 9.17) is 50.0 Å². The molecule has 0 radical (unpaired) electrons. The van der Waals surface area contributed by atoms with Crippen LogP contribution in [0.5, 0.6) is 11.5 Å². The monoisotopic (exact) mass is 428 g/mol. The van der Waals surface area contributed by atoms with Gasteiger partial charge in [0.05, 0.1) is 18.7 Å². The second-order valence-electron chi connectivity index (χ2n) is 5.38. The number of hydrogen-bond acceptors (Lipinski definition) is 7. The van der Waals surface area contributed by atoms with Crippen molar-refractivity contribution in [3.8, 4) is 11.5 Å². The van der Waals surface area contributed by atoms with E-state index in [1.54, 1.807) is 30.3 Å². The number of nitrogens with two attached hydrogens (primary N) is 1. The maximum atomic E-state index is 6.38. The highest BCUT2D eigenvalue weighted by molar-refractivity contribution is 6.36. The minimum Gasteiger partial charge on any atom is -0.493 e. The van der Waals surface area contributed by atoms with Crippen molar-refractivity contribution < 1.29 is 9.47 Å². The van der Waals surface area contributed by atoms with Crippen molar-refractivity contribution >= 4 is 40.8 Å². The highest BCUT2D eigenvalue weighted by Crippen LogP contribution is 2.38. The van der Waals surface area contributed by atoms with Crippen LogP contribution in [0.25, 0.3) is 0 Å². The Kier molecular flexibility index (Phi) is 6.10. The Hall–Kier alpha value is -2.42. The first-order chi connectivity index (χ1) is 13.0. The third kappa shape index (κ3) is 4.47. The molecule has 3 aromatic rings. The fourth-order valence-electron chi connectivity index (χ4n) is 2.30. The molecule has 0 atom stereocenters. The summed E-state index contributed by atoms with van der Waals surface area (Å²) >= 11 is 18.7. The lowest BCUT2D eigenvalue weighted by Gasteiger charge is -2.15. The van der Waals surface area contributed by atoms with E-state index in [2.05, 4.69) is 21.0 Å². The quantitative estimate of drug-likeness (QED) is 0.592. The van der Waals surface area contributed by atoms with Crippen LogP contribution >= 0.6 is 34.8 Å². The lowest BCUT2D eigenvalue weighted by atomic mass is 10.2. The molecule has 0 bridgehead atoms. The van der Waals surface area contributed by atoms with Crippen molar-refractivity contribution in [2.75, 3.05) is 18.3 Å². The first-order valence-electron chi connectivity index (χ1n) is 7.69. The van der Waals surface area contributed by atoms with Gasteiger partial charge >= 0.3 is 0 Å². The average molecular weight is 430 g/mol. The van der Waals surface area contributed by atoms with E-state index in [1.165, 1.54) is 11.9 Å². The molecule has 0 amide bonds. The largest absolute Gasteiger partial charge is 0.493 e. The number of nitrogens with zero attached hydrogens (tertiary/aromatic N) is 4. The van der Waals surface area contributed by atoms with Gasteiger partial charge in [0, 0.05) is 15.6 Å². The van der Waals surface area contributed by atoms with Gasteiger partial charge < -0.3 is 20.6 Å². The van der Waals surface area contributed by atoms with Crippen molar-refractivity contribution in [3.63, 3.8) is 0 Å². The van der Waals surface area contributed by atoms with Gasteiger partial charge in [0.25, 0.3) is 5.95 Å². The molecule has 1 aromatic heterocycles. The first-order valence-corrected chi connectivity index (χ1v) is 8.82. The van der Waals surface area contributed by atoms with E-state index in [1.807, 2.05) is 0 Å². The number of anilines is 1. The molecule has 11 heteroatoms. The first kappa shape index (κ1) is 19.3. The lowest BCUT2D eigenvalue weighted by molar-refractivity contribution is 0.284. The Bertz CT molecular complexity index is 930. The molecule has 0 saturated heterocycles. The van der Waals surface area contributed by atoms with Crippen molar-refractivity contribution in [1.82, 2.24) is 20.3 Å². The summed E-state index contributed by atoms with van der Waals surface area (Å²) in [6.07, 6.45) is 0. The molecule has 142 valence electrons. The molecular formula is C16H15Cl3N6O2. The van der Waals surface area contributed by atoms with Crippen molar-refractivity contribution in [1.29, 1.82) is 0 Å². The van der Waals surface area contributed by atoms with Gasteiger partial charge in [-0.25, -0.2) is 0 Å². The summed E-state index contributed by atoms with van der Waals surface area (Å²) in [4.78, 5) is 1.25. The van der Waals surface area contributed by atoms with Crippen LogP contribution < -0.4 is 20.6 Å². The highest BCUT2D eigenvalue weighted by atomic mass is 35.5. The Morgan fingerprint density at radius 2 is 1.89 bits per heavy atom. The fraction of sp³-hybridized carbons (Fsp3) is 0.188. The van der Waals surface area contributed by atoms with Gasteiger partial charge in [-0.15, -0.1) is 4.79 Å². The normalized spacial score (nSPS) is 10.7. The van der Waals surface area contributed by atoms with Crippen LogP contribution in [0, 0.1) is 0 Å². The van der Waals surface area contributed by atoms with E-state index in [-0.39, 0.29) is 12.6 Å². The lowest BCUT2D eigenvalue weighted by Crippen LogP contribution is -2.18. The van der Waals surface area contributed by atoms with Gasteiger partial charge in [-0.3, -0.25) is 0 Å². The zero-order chi connectivity index (χ0) is 19.4. The predicted molar refractivity (Wildman–Crippen MR) is 104 cm³/mol. The number of nitrogen functional groups attached to an aromatic ring is 1. The maximum Gasteiger partial charge on any atom is 0.260 e. The van der Waals surface area contributed by atoms with Crippen LogP contribution in [0.4, 0.5) is 5.95 Å². The summed E-state index contributed by atoms with van der Waals surface area (Å²) < 4.78 is 11.2. The second-order valence-corrected chi connectivity index (χ2v) is 6.60. The van der Waals surface area contributed by atoms with E-state index < -0.39 is 0 Å². The SMILES string of the molecule is COc1cc(CNn2nnnc2N)cc(Cl)c1OCc1c(Cl)cccc1Cl. The minimum atomic E-state index is 0.143. The number of benzene rings is 2. The number of halogens is 3. The van der Waals surface area contributed by atoms with Crippen LogP contribution in [0.3, 0.4) is 0 Å². The summed E-state index contributed by atoms with van der Waals surface area (Å²) in [6.45, 7) is 0.509. The maximum absolute atomic E-state index is 6.38. The number of ether oxygens (including phenoxy) is 2. The molecule has 0 fully saturated rings. The molecule has 0 aliphatic rings. The molecule has 1 heterocycles. The van der Waals surface area contributed by atoms with E-state index in [0.29, 0.717) is 38.7 Å². The Morgan fingerprint density at radius 3 is 2.52 bits per heavy atom. The molecule has 2 aromatic carbocycles. The van der Waals surface area contributed by atoms with Crippen LogP contribution in [-0.4, -0.2) is 27.4 Å². The zero-order valence-electron chi connectivity index (χ0n) is 14.1. The van der Waals surface area contributed by atoms with E-state index >= 15 is 0 Å². The molecule has 3 N–H and O–H groups in total. The molecule has 0 saturated carbocycles. The number of hydrogen-bond donors (Lipinski definition) is 2. The standard InChI is InChI=1S/C16H15Cl3N6O2/c1-26-14-6-9(7-21-25-16(20)22-23-24-25)5-13(19)15(14)27-8-10-11(17)3-2-4-12(10)18/h2-6,21H,7-8H2,1H3,(H2,20,22,24). The summed E-state index contributed by atoms with van der Waals surface area (Å²) in [5.41, 5.74) is 10.0. The molecular weight excluding hydrogens is 415 g/mol. The molecule has 0 aliphatic carbocycles. The Balaban J connectivity index is 1.77. The summed E-state index contributed by atoms with van der Waals surface area (Å²) in [5, 5.41) is 12.1. The van der Waals surface area contributed by atoms with Gasteiger partial charge in [0.1, 0.15) is 6.61 Å². The molecule has 0 spiro atoms. The van der Waals surface area contributed by atoms with Gasteiger partial charge in [-0.1, -0.05) is 46.0 Å². The molecule has 0 aliphatic heterocycles. The average Bonchev–Trinajstić information content (AvgIpc) is 3.05. The number of aromatic nitrogens is 4. The van der Waals surface area contributed by atoms with Gasteiger partial charge in [0.15, 0.2) is 11.5 Å². The molecule has 3 rings (SSSR count). The van der Waals surface area contributed by atoms with Crippen LogP contribution in [0.15, 0.2) is 30.3 Å². The van der Waals surface area contributed by atoms with Crippen LogP contribution in [0.1, 0.15) is 11.1 Å². The van der Waals surface area contributed by atoms with Gasteiger partial charge in [0.2, 0.25) is 0 Å². The van der Waals surface area contributed by atoms with Crippen molar-refractivity contribution in [2.45, 2.75) is 13.2 Å². The molecule has 8 nitrogen and oxygen atoms in total. The topological polar surface area (TPSA) is 100 Å². The Morgan fingerprint density at radius 1 is 1.15 bits per heavy atom. The van der Waals surface area contributed by atoms with E-state index in [9.17, 15) is 0 Å². The predicted octanol–water partition coefficient (Wildman–Crippen LogP) is 3.55. The van der Waals surface area contributed by atoms with Crippen molar-refractivity contribution in [3.05, 3.63) is 56.5 Å². The van der Waals surface area contributed by atoms with Crippen molar-refractivity contribution in [2.24, 2.45) is 0 Å². The third-order valence-corrected chi connectivity index (χ3v) is 4.63. The summed E-state index contributed by atoms with van der Waals surface area (Å²) in [7, 11) is 1.53. The molecule has 0 unspecified atom stereocenters. The molecule has 27 heavy (non-hydrogen) atoms. The van der Waals surface area contributed by atoms with E-state index in [0.717, 1.165) is 5.56 Å². The fourth-order valence-corrected chi connectivity index (χ4v) is 3.10.